The number of alkyl halides is 3. The molecule has 1 aliphatic carbocycles. The number of rotatable bonds is 6. The zero-order valence-corrected chi connectivity index (χ0v) is 19.4. The van der Waals surface area contributed by atoms with E-state index >= 15 is 0 Å². The highest BCUT2D eigenvalue weighted by Crippen LogP contribution is 2.40. The van der Waals surface area contributed by atoms with Crippen molar-refractivity contribution < 1.29 is 21.6 Å². The van der Waals surface area contributed by atoms with E-state index in [1.54, 1.807) is 29.2 Å². The van der Waals surface area contributed by atoms with Crippen molar-refractivity contribution in [2.24, 2.45) is 0 Å². The highest BCUT2D eigenvalue weighted by molar-refractivity contribution is 7.89. The summed E-state index contributed by atoms with van der Waals surface area (Å²) in [4.78, 5) is 14.4. The third-order valence-corrected chi connectivity index (χ3v) is 8.06. The van der Waals surface area contributed by atoms with E-state index < -0.39 is 27.3 Å². The zero-order chi connectivity index (χ0) is 24.0. The van der Waals surface area contributed by atoms with Crippen LogP contribution in [-0.4, -0.2) is 53.6 Å². The Labute approximate surface area is 190 Å². The molecule has 0 radical (unpaired) electrons. The van der Waals surface area contributed by atoms with Crippen LogP contribution < -0.4 is 5.56 Å². The molecule has 2 aliphatic rings. The van der Waals surface area contributed by atoms with Crippen LogP contribution in [0.25, 0.3) is 0 Å². The SMILES string of the molecule is CC(C)c1ccc(S(=O)(=O)N2CCN(Cn3nc(C4CC4)cc(C(F)(F)F)c3=O)CC2)cc1. The van der Waals surface area contributed by atoms with Gasteiger partial charge in [-0.3, -0.25) is 9.69 Å². The smallest absolute Gasteiger partial charge is 0.282 e. The summed E-state index contributed by atoms with van der Waals surface area (Å²) in [5.41, 5.74) is -1.05. The number of aromatic nitrogens is 2. The first-order valence-corrected chi connectivity index (χ1v) is 12.4. The molecule has 11 heteroatoms. The third-order valence-electron chi connectivity index (χ3n) is 6.14. The fourth-order valence-corrected chi connectivity index (χ4v) is 5.34. The van der Waals surface area contributed by atoms with Crippen molar-refractivity contribution >= 4 is 10.0 Å². The molecule has 1 aliphatic heterocycles. The predicted molar refractivity (Wildman–Crippen MR) is 116 cm³/mol. The van der Waals surface area contributed by atoms with Crippen LogP contribution in [0.1, 0.15) is 55.3 Å². The fraction of sp³-hybridized carbons (Fsp3) is 0.545. The first-order valence-electron chi connectivity index (χ1n) is 11.0. The molecule has 1 aromatic carbocycles. The van der Waals surface area contributed by atoms with Gasteiger partial charge >= 0.3 is 6.18 Å². The number of hydrogen-bond donors (Lipinski definition) is 0. The van der Waals surface area contributed by atoms with E-state index in [1.807, 2.05) is 13.8 Å². The molecule has 0 bridgehead atoms. The molecule has 0 atom stereocenters. The summed E-state index contributed by atoms with van der Waals surface area (Å²) >= 11 is 0. The minimum absolute atomic E-state index is 0.0398. The number of benzene rings is 1. The maximum absolute atomic E-state index is 13.4. The van der Waals surface area contributed by atoms with Crippen molar-refractivity contribution in [2.75, 3.05) is 26.2 Å². The molecule has 0 N–H and O–H groups in total. The van der Waals surface area contributed by atoms with Crippen LogP contribution in [0.4, 0.5) is 13.2 Å². The largest absolute Gasteiger partial charge is 0.421 e. The van der Waals surface area contributed by atoms with Gasteiger partial charge in [-0.25, -0.2) is 13.1 Å². The molecule has 0 unspecified atom stereocenters. The lowest BCUT2D eigenvalue weighted by Crippen LogP contribution is -2.50. The fourth-order valence-electron chi connectivity index (χ4n) is 3.91. The first-order chi connectivity index (χ1) is 15.5. The molecule has 7 nitrogen and oxygen atoms in total. The topological polar surface area (TPSA) is 75.5 Å². The Bertz CT molecular complexity index is 1160. The molecule has 1 aromatic heterocycles. The molecule has 4 rings (SSSR count). The van der Waals surface area contributed by atoms with E-state index in [1.165, 1.54) is 4.31 Å². The van der Waals surface area contributed by atoms with Crippen LogP contribution in [0.15, 0.2) is 40.0 Å². The Hall–Kier alpha value is -2.24. The summed E-state index contributed by atoms with van der Waals surface area (Å²) in [7, 11) is -3.67. The van der Waals surface area contributed by atoms with E-state index in [4.69, 9.17) is 0 Å². The minimum Gasteiger partial charge on any atom is -0.282 e. The Morgan fingerprint density at radius 2 is 1.67 bits per heavy atom. The van der Waals surface area contributed by atoms with Gasteiger partial charge in [-0.05, 0) is 42.5 Å². The van der Waals surface area contributed by atoms with Crippen molar-refractivity contribution in [3.8, 4) is 0 Å². The van der Waals surface area contributed by atoms with Crippen molar-refractivity contribution in [1.82, 2.24) is 19.0 Å². The number of sulfonamides is 1. The highest BCUT2D eigenvalue weighted by Gasteiger charge is 2.38. The first kappa shape index (κ1) is 23.9. The Balaban J connectivity index is 1.46. The molecule has 1 saturated carbocycles. The van der Waals surface area contributed by atoms with Crippen LogP contribution in [0.5, 0.6) is 0 Å². The quantitative estimate of drug-likeness (QED) is 0.630. The summed E-state index contributed by atoms with van der Waals surface area (Å²) in [5, 5.41) is 4.17. The van der Waals surface area contributed by atoms with Gasteiger partial charge in [-0.1, -0.05) is 26.0 Å². The molecule has 2 heterocycles. The van der Waals surface area contributed by atoms with Crippen molar-refractivity contribution in [3.05, 3.63) is 57.5 Å². The lowest BCUT2D eigenvalue weighted by atomic mass is 10.0. The maximum atomic E-state index is 13.4. The summed E-state index contributed by atoms with van der Waals surface area (Å²) in [5.74, 6) is 0.251. The summed E-state index contributed by atoms with van der Waals surface area (Å²) in [6.07, 6.45) is -3.22. The van der Waals surface area contributed by atoms with E-state index in [2.05, 4.69) is 5.10 Å². The van der Waals surface area contributed by atoms with Gasteiger partial charge in [0.15, 0.2) is 0 Å². The molecule has 2 aromatic rings. The minimum atomic E-state index is -4.75. The van der Waals surface area contributed by atoms with E-state index in [0.29, 0.717) is 5.92 Å². The van der Waals surface area contributed by atoms with Gasteiger partial charge in [-0.2, -0.15) is 22.6 Å². The second-order valence-corrected chi connectivity index (χ2v) is 10.9. The average molecular weight is 485 g/mol. The monoisotopic (exact) mass is 484 g/mol. The molecule has 0 spiro atoms. The van der Waals surface area contributed by atoms with Gasteiger partial charge in [0.05, 0.1) is 17.3 Å². The predicted octanol–water partition coefficient (Wildman–Crippen LogP) is 3.23. The summed E-state index contributed by atoms with van der Waals surface area (Å²) < 4.78 is 68.3. The van der Waals surface area contributed by atoms with Gasteiger partial charge in [-0.15, -0.1) is 0 Å². The number of nitrogens with zero attached hydrogens (tertiary/aromatic N) is 4. The Kier molecular flexibility index (Phi) is 6.41. The standard InChI is InChI=1S/C22H27F3N4O3S/c1-15(2)16-5-7-18(8-6-16)33(31,32)28-11-9-27(10-12-28)14-29-21(30)19(22(23,24)25)13-20(26-29)17-3-4-17/h5-8,13,15,17H,3-4,9-12,14H2,1-2H3. The highest BCUT2D eigenvalue weighted by atomic mass is 32.2. The Morgan fingerprint density at radius 3 is 2.18 bits per heavy atom. The van der Waals surface area contributed by atoms with Crippen LogP contribution in [0.2, 0.25) is 0 Å². The van der Waals surface area contributed by atoms with Gasteiger partial charge < -0.3 is 0 Å². The van der Waals surface area contributed by atoms with E-state index in [-0.39, 0.29) is 49.4 Å². The van der Waals surface area contributed by atoms with Crippen molar-refractivity contribution in [2.45, 2.75) is 56.3 Å². The Morgan fingerprint density at radius 1 is 1.06 bits per heavy atom. The molecule has 33 heavy (non-hydrogen) atoms. The molecular weight excluding hydrogens is 457 g/mol. The molecule has 180 valence electrons. The second kappa shape index (κ2) is 8.84. The van der Waals surface area contributed by atoms with Crippen LogP contribution >= 0.6 is 0 Å². The maximum Gasteiger partial charge on any atom is 0.421 e. The second-order valence-electron chi connectivity index (χ2n) is 8.95. The van der Waals surface area contributed by atoms with Gasteiger partial charge in [0.25, 0.3) is 5.56 Å². The van der Waals surface area contributed by atoms with Gasteiger partial charge in [0.1, 0.15) is 5.56 Å². The summed E-state index contributed by atoms with van der Waals surface area (Å²) in [6.45, 7) is 4.87. The zero-order valence-electron chi connectivity index (χ0n) is 18.5. The lowest BCUT2D eigenvalue weighted by molar-refractivity contribution is -0.139. The van der Waals surface area contributed by atoms with Crippen LogP contribution in [0, 0.1) is 0 Å². The number of piperazine rings is 1. The van der Waals surface area contributed by atoms with Crippen LogP contribution in [-0.2, 0) is 22.9 Å². The third kappa shape index (κ3) is 5.15. The number of hydrogen-bond acceptors (Lipinski definition) is 5. The van der Waals surface area contributed by atoms with E-state index in [9.17, 15) is 26.4 Å². The van der Waals surface area contributed by atoms with E-state index in [0.717, 1.165) is 29.2 Å². The number of halogens is 3. The van der Waals surface area contributed by atoms with Crippen molar-refractivity contribution in [1.29, 1.82) is 0 Å². The lowest BCUT2D eigenvalue weighted by Gasteiger charge is -2.34. The molecule has 1 saturated heterocycles. The van der Waals surface area contributed by atoms with Gasteiger partial charge in [0, 0.05) is 32.1 Å². The average Bonchev–Trinajstić information content (AvgIpc) is 3.60. The van der Waals surface area contributed by atoms with Gasteiger partial charge in [0.2, 0.25) is 10.0 Å². The normalized spacial score (nSPS) is 18.7. The molecule has 2 fully saturated rings. The summed E-state index contributed by atoms with van der Waals surface area (Å²) in [6, 6.07) is 7.67. The molecule has 0 amide bonds. The molecular formula is C22H27F3N4O3S. The van der Waals surface area contributed by atoms with Crippen molar-refractivity contribution in [3.63, 3.8) is 0 Å². The van der Waals surface area contributed by atoms with Crippen LogP contribution in [0.3, 0.4) is 0 Å².